The summed E-state index contributed by atoms with van der Waals surface area (Å²) < 4.78 is 0. The van der Waals surface area contributed by atoms with Crippen molar-refractivity contribution >= 4 is 11.0 Å². The third-order valence-corrected chi connectivity index (χ3v) is 1.15. The Kier molecular flexibility index (Phi) is 3.00. The zero-order valence-electron chi connectivity index (χ0n) is 5.63. The van der Waals surface area contributed by atoms with Crippen LogP contribution in [0.2, 0.25) is 0 Å². The molecule has 3 nitrogen and oxygen atoms in total. The number of nitrogens with zero attached hydrogens (tertiary/aromatic N) is 2. The van der Waals surface area contributed by atoms with Gasteiger partial charge in [0, 0.05) is 5.65 Å². The Morgan fingerprint density at radius 1 is 1.50 bits per heavy atom. The van der Waals surface area contributed by atoms with Crippen LogP contribution in [0, 0.1) is 6.07 Å². The molecule has 2 aromatic heterocycles. The predicted molar refractivity (Wildman–Crippen MR) is 32.7 cm³/mol. The standard InChI is InChI=1S/C6H4N3.K/c1-2-8-6-5(1)3-7-4-9-6;/h2-4H,(H,7,8,9);/q-1;+1. The van der Waals surface area contributed by atoms with E-state index in [1.165, 1.54) is 6.33 Å². The maximum Gasteiger partial charge on any atom is 1.00 e. The van der Waals surface area contributed by atoms with Gasteiger partial charge in [-0.25, -0.2) is 0 Å². The van der Waals surface area contributed by atoms with Crippen LogP contribution in [0.15, 0.2) is 18.7 Å². The molecule has 0 radical (unpaired) electrons. The molecular weight excluding hydrogens is 153 g/mol. The van der Waals surface area contributed by atoms with Crippen molar-refractivity contribution in [1.29, 1.82) is 0 Å². The van der Waals surface area contributed by atoms with Crippen molar-refractivity contribution in [3.63, 3.8) is 0 Å². The molecule has 0 aliphatic rings. The summed E-state index contributed by atoms with van der Waals surface area (Å²) in [6.45, 7) is 0. The quantitative estimate of drug-likeness (QED) is 0.347. The second-order valence-corrected chi connectivity index (χ2v) is 1.72. The molecule has 0 saturated carbocycles. The maximum atomic E-state index is 3.94. The van der Waals surface area contributed by atoms with Gasteiger partial charge in [-0.15, -0.1) is 5.39 Å². The number of hydrogen-bond donors (Lipinski definition) is 1. The van der Waals surface area contributed by atoms with E-state index in [0.29, 0.717) is 0 Å². The fraction of sp³-hybridized carbons (Fsp3) is 0. The van der Waals surface area contributed by atoms with E-state index in [0.717, 1.165) is 11.0 Å². The molecule has 44 valence electrons. The van der Waals surface area contributed by atoms with E-state index in [4.69, 9.17) is 0 Å². The van der Waals surface area contributed by atoms with Crippen LogP contribution in [0.5, 0.6) is 0 Å². The van der Waals surface area contributed by atoms with Crippen molar-refractivity contribution in [2.45, 2.75) is 0 Å². The van der Waals surface area contributed by atoms with Gasteiger partial charge >= 0.3 is 51.4 Å². The van der Waals surface area contributed by atoms with E-state index < -0.39 is 0 Å². The Morgan fingerprint density at radius 2 is 2.40 bits per heavy atom. The fourth-order valence-electron chi connectivity index (χ4n) is 0.732. The minimum Gasteiger partial charge on any atom is -0.409 e. The van der Waals surface area contributed by atoms with Crippen LogP contribution in [-0.4, -0.2) is 15.0 Å². The van der Waals surface area contributed by atoms with Gasteiger partial charge in [0.25, 0.3) is 0 Å². The van der Waals surface area contributed by atoms with Gasteiger partial charge < -0.3 is 9.97 Å². The second-order valence-electron chi connectivity index (χ2n) is 1.72. The summed E-state index contributed by atoms with van der Waals surface area (Å²) in [5.41, 5.74) is 0.838. The molecule has 10 heavy (non-hydrogen) atoms. The molecule has 1 N–H and O–H groups in total. The number of hydrogen-bond acceptors (Lipinski definition) is 2. The summed E-state index contributed by atoms with van der Waals surface area (Å²) in [5, 5.41) is 0.928. The molecule has 0 aliphatic heterocycles. The molecule has 2 aromatic rings. The minimum atomic E-state index is 0. The summed E-state index contributed by atoms with van der Waals surface area (Å²) in [5.74, 6) is 0. The van der Waals surface area contributed by atoms with E-state index in [1.54, 1.807) is 12.4 Å². The van der Waals surface area contributed by atoms with Crippen LogP contribution in [0.25, 0.3) is 11.0 Å². The third-order valence-electron chi connectivity index (χ3n) is 1.15. The molecule has 4 heteroatoms. The van der Waals surface area contributed by atoms with Gasteiger partial charge in [0.05, 0.1) is 6.33 Å². The van der Waals surface area contributed by atoms with Crippen LogP contribution in [0.4, 0.5) is 0 Å². The Balaban J connectivity index is 0.000000500. The van der Waals surface area contributed by atoms with Crippen molar-refractivity contribution < 1.29 is 51.4 Å². The SMILES string of the molecule is [K+].[c-]1c[nH]c2ncncc12. The topological polar surface area (TPSA) is 41.6 Å². The number of H-pyrrole nitrogens is 1. The van der Waals surface area contributed by atoms with E-state index >= 15 is 0 Å². The molecule has 0 aromatic carbocycles. The van der Waals surface area contributed by atoms with E-state index in [1.807, 2.05) is 0 Å². The van der Waals surface area contributed by atoms with Crippen molar-refractivity contribution in [2.75, 3.05) is 0 Å². The second kappa shape index (κ2) is 3.59. The van der Waals surface area contributed by atoms with Crippen LogP contribution < -0.4 is 51.4 Å². The van der Waals surface area contributed by atoms with Crippen LogP contribution in [-0.2, 0) is 0 Å². The molecular formula is C6H4KN3. The normalized spacial score (nSPS) is 9.20. The summed E-state index contributed by atoms with van der Waals surface area (Å²) in [7, 11) is 0. The minimum absolute atomic E-state index is 0. The molecule has 0 amide bonds. The Hall–Kier alpha value is 0.256. The van der Waals surface area contributed by atoms with Crippen molar-refractivity contribution in [3.8, 4) is 0 Å². The van der Waals surface area contributed by atoms with Gasteiger partial charge in [0.15, 0.2) is 0 Å². The zero-order chi connectivity index (χ0) is 6.10. The van der Waals surface area contributed by atoms with E-state index in [-0.39, 0.29) is 51.4 Å². The van der Waals surface area contributed by atoms with Gasteiger partial charge in [-0.2, -0.15) is 6.07 Å². The maximum absolute atomic E-state index is 3.94. The smallest absolute Gasteiger partial charge is 0.409 e. The van der Waals surface area contributed by atoms with Crippen LogP contribution >= 0.6 is 0 Å². The first kappa shape index (κ1) is 8.35. The molecule has 0 saturated heterocycles. The first-order chi connectivity index (χ1) is 4.47. The van der Waals surface area contributed by atoms with E-state index in [9.17, 15) is 0 Å². The average molecular weight is 157 g/mol. The number of aromatic nitrogens is 3. The first-order valence-corrected chi connectivity index (χ1v) is 2.61. The number of aromatic amines is 1. The van der Waals surface area contributed by atoms with Crippen molar-refractivity contribution in [3.05, 3.63) is 24.8 Å². The number of rotatable bonds is 0. The Bertz CT molecular complexity index is 287. The summed E-state index contributed by atoms with van der Waals surface area (Å²) in [6.07, 6.45) is 4.95. The van der Waals surface area contributed by atoms with Gasteiger partial charge in [-0.05, 0) is 0 Å². The van der Waals surface area contributed by atoms with Gasteiger partial charge in [-0.1, -0.05) is 12.4 Å². The molecule has 0 bridgehead atoms. The fourth-order valence-corrected chi connectivity index (χ4v) is 0.732. The number of nitrogens with one attached hydrogen (secondary N) is 1. The number of fused-ring (bicyclic) bond motifs is 1. The van der Waals surface area contributed by atoms with Gasteiger partial charge in [0.1, 0.15) is 0 Å². The van der Waals surface area contributed by atoms with Crippen molar-refractivity contribution in [2.24, 2.45) is 0 Å². The van der Waals surface area contributed by atoms with Gasteiger partial charge in [0.2, 0.25) is 0 Å². The first-order valence-electron chi connectivity index (χ1n) is 2.61. The summed E-state index contributed by atoms with van der Waals surface area (Å²) in [6, 6.07) is 2.94. The van der Waals surface area contributed by atoms with Crippen LogP contribution in [0.1, 0.15) is 0 Å². The molecule has 0 atom stereocenters. The van der Waals surface area contributed by atoms with E-state index in [2.05, 4.69) is 21.0 Å². The molecule has 0 spiro atoms. The average Bonchev–Trinajstić information content (AvgIpc) is 2.33. The van der Waals surface area contributed by atoms with Crippen LogP contribution in [0.3, 0.4) is 0 Å². The third kappa shape index (κ3) is 1.46. The summed E-state index contributed by atoms with van der Waals surface area (Å²) in [4.78, 5) is 10.7. The largest absolute Gasteiger partial charge is 1.00 e. The monoisotopic (exact) mass is 157 g/mol. The Labute approximate surface area is 101 Å². The predicted octanol–water partition coefficient (Wildman–Crippen LogP) is -2.24. The summed E-state index contributed by atoms with van der Waals surface area (Å²) >= 11 is 0. The van der Waals surface area contributed by atoms with Crippen molar-refractivity contribution in [1.82, 2.24) is 15.0 Å². The van der Waals surface area contributed by atoms with Gasteiger partial charge in [-0.3, -0.25) is 4.98 Å². The Morgan fingerprint density at radius 3 is 3.20 bits per heavy atom. The molecule has 2 rings (SSSR count). The molecule has 0 unspecified atom stereocenters. The molecule has 0 aliphatic carbocycles. The molecule has 2 heterocycles. The zero-order valence-corrected chi connectivity index (χ0v) is 8.75. The molecule has 0 fully saturated rings.